The monoisotopic (exact) mass is 290 g/mol. The number of hydrogen-bond donors (Lipinski definition) is 0. The number of halogens is 1. The summed E-state index contributed by atoms with van der Waals surface area (Å²) in [4.78, 5) is 19.8. The minimum absolute atomic E-state index is 0.308. The van der Waals surface area contributed by atoms with E-state index in [0.717, 1.165) is 15.4 Å². The van der Waals surface area contributed by atoms with Gasteiger partial charge in [-0.25, -0.2) is 9.50 Å². The largest absolute Gasteiger partial charge is 0.294 e. The van der Waals surface area contributed by atoms with Crippen molar-refractivity contribution in [1.82, 2.24) is 19.6 Å². The smallest absolute Gasteiger partial charge is 0.265 e. The topological polar surface area (TPSA) is 60.1 Å². The molecule has 2 aromatic heterocycles. The summed E-state index contributed by atoms with van der Waals surface area (Å²) in [7, 11) is 0. The Balaban J connectivity index is 2.58. The molecule has 0 unspecified atom stereocenters. The van der Waals surface area contributed by atoms with Crippen molar-refractivity contribution >= 4 is 32.5 Å². The lowest BCUT2D eigenvalue weighted by atomic mass is 10.2. The van der Waals surface area contributed by atoms with Crippen LogP contribution in [0.25, 0.3) is 16.6 Å². The number of benzene rings is 1. The molecule has 6 heteroatoms. The van der Waals surface area contributed by atoms with Crippen LogP contribution in [0.1, 0.15) is 5.69 Å². The van der Waals surface area contributed by atoms with Crippen molar-refractivity contribution in [2.45, 2.75) is 6.92 Å². The molecule has 0 atom stereocenters. The van der Waals surface area contributed by atoms with Crippen LogP contribution in [0.3, 0.4) is 0 Å². The van der Waals surface area contributed by atoms with Gasteiger partial charge in [0.25, 0.3) is 5.56 Å². The van der Waals surface area contributed by atoms with Gasteiger partial charge in [0, 0.05) is 9.86 Å². The number of aromatic nitrogens is 4. The average Bonchev–Trinajstić information content (AvgIpc) is 2.31. The molecular formula is C11H7BrN4O. The summed E-state index contributed by atoms with van der Waals surface area (Å²) in [6, 6.07) is 5.64. The summed E-state index contributed by atoms with van der Waals surface area (Å²) in [5, 5.41) is 4.92. The number of aryl methyl sites for hydroxylation is 1. The van der Waals surface area contributed by atoms with Crippen LogP contribution in [0.4, 0.5) is 0 Å². The Morgan fingerprint density at radius 2 is 2.18 bits per heavy atom. The first-order valence-electron chi connectivity index (χ1n) is 4.97. The summed E-state index contributed by atoms with van der Waals surface area (Å²) < 4.78 is 2.43. The Labute approximate surface area is 104 Å². The normalized spacial score (nSPS) is 11.2. The van der Waals surface area contributed by atoms with Gasteiger partial charge in [0.2, 0.25) is 0 Å². The molecular weight excluding hydrogens is 284 g/mol. The maximum absolute atomic E-state index is 11.5. The van der Waals surface area contributed by atoms with Crippen molar-refractivity contribution in [3.63, 3.8) is 0 Å². The lowest BCUT2D eigenvalue weighted by Gasteiger charge is -2.03. The molecule has 0 aliphatic rings. The zero-order valence-corrected chi connectivity index (χ0v) is 10.5. The Hall–Kier alpha value is -1.82. The molecule has 5 nitrogen and oxygen atoms in total. The Morgan fingerprint density at radius 1 is 1.35 bits per heavy atom. The highest BCUT2D eigenvalue weighted by Crippen LogP contribution is 2.20. The lowest BCUT2D eigenvalue weighted by Crippen LogP contribution is -2.16. The third-order valence-corrected chi connectivity index (χ3v) is 2.99. The predicted octanol–water partition coefficient (Wildman–Crippen LogP) is 1.71. The maximum atomic E-state index is 11.5. The van der Waals surface area contributed by atoms with E-state index in [9.17, 15) is 4.79 Å². The van der Waals surface area contributed by atoms with Crippen molar-refractivity contribution < 1.29 is 0 Å². The van der Waals surface area contributed by atoms with Crippen LogP contribution in [-0.4, -0.2) is 19.6 Å². The van der Waals surface area contributed by atoms with Crippen LogP contribution in [0.5, 0.6) is 0 Å². The average molecular weight is 291 g/mol. The van der Waals surface area contributed by atoms with E-state index in [2.05, 4.69) is 31.0 Å². The van der Waals surface area contributed by atoms with Gasteiger partial charge in [0.05, 0.1) is 5.52 Å². The van der Waals surface area contributed by atoms with Gasteiger partial charge >= 0.3 is 0 Å². The zero-order chi connectivity index (χ0) is 12.0. The van der Waals surface area contributed by atoms with Gasteiger partial charge < -0.3 is 0 Å². The van der Waals surface area contributed by atoms with Gasteiger partial charge in [-0.1, -0.05) is 15.9 Å². The van der Waals surface area contributed by atoms with Gasteiger partial charge in [-0.05, 0) is 25.1 Å². The molecule has 2 heterocycles. The summed E-state index contributed by atoms with van der Waals surface area (Å²) in [5.74, 6) is 0. The maximum Gasteiger partial charge on any atom is 0.294 e. The van der Waals surface area contributed by atoms with Gasteiger partial charge in [0.15, 0.2) is 5.65 Å². The predicted molar refractivity (Wildman–Crippen MR) is 67.0 cm³/mol. The molecule has 3 rings (SSSR count). The second-order valence-corrected chi connectivity index (χ2v) is 4.59. The number of hydrogen-bond acceptors (Lipinski definition) is 4. The molecule has 0 aliphatic carbocycles. The summed E-state index contributed by atoms with van der Waals surface area (Å²) in [5.41, 5.74) is 1.36. The van der Waals surface area contributed by atoms with Crippen molar-refractivity contribution in [2.75, 3.05) is 0 Å². The third kappa shape index (κ3) is 1.61. The van der Waals surface area contributed by atoms with Crippen LogP contribution in [0.15, 0.2) is 33.8 Å². The first kappa shape index (κ1) is 10.3. The van der Waals surface area contributed by atoms with Crippen molar-refractivity contribution in [2.24, 2.45) is 0 Å². The fourth-order valence-corrected chi connectivity index (χ4v) is 2.02. The minimum atomic E-state index is -0.308. The molecule has 3 aromatic rings. The second-order valence-electron chi connectivity index (χ2n) is 3.68. The fourth-order valence-electron chi connectivity index (χ4n) is 1.66. The molecule has 84 valence electrons. The third-order valence-electron chi connectivity index (χ3n) is 2.50. The van der Waals surface area contributed by atoms with Gasteiger partial charge in [-0.3, -0.25) is 4.79 Å². The first-order valence-corrected chi connectivity index (χ1v) is 5.76. The first-order chi connectivity index (χ1) is 8.15. The van der Waals surface area contributed by atoms with E-state index in [-0.39, 0.29) is 5.56 Å². The highest BCUT2D eigenvalue weighted by molar-refractivity contribution is 9.10. The number of nitrogens with zero attached hydrogens (tertiary/aromatic N) is 4. The molecule has 0 N–H and O–H groups in total. The van der Waals surface area contributed by atoms with E-state index >= 15 is 0 Å². The summed E-state index contributed by atoms with van der Waals surface area (Å²) in [6.07, 6.45) is 1.56. The zero-order valence-electron chi connectivity index (χ0n) is 8.88. The van der Waals surface area contributed by atoms with Crippen LogP contribution < -0.4 is 5.56 Å². The van der Waals surface area contributed by atoms with Crippen molar-refractivity contribution in [1.29, 1.82) is 0 Å². The van der Waals surface area contributed by atoms with Crippen LogP contribution in [0.2, 0.25) is 0 Å². The van der Waals surface area contributed by atoms with E-state index < -0.39 is 0 Å². The highest BCUT2D eigenvalue weighted by atomic mass is 79.9. The molecule has 0 spiro atoms. The van der Waals surface area contributed by atoms with Crippen molar-refractivity contribution in [3.8, 4) is 0 Å². The molecule has 0 fully saturated rings. The molecule has 0 bridgehead atoms. The van der Waals surface area contributed by atoms with E-state index in [1.54, 1.807) is 13.3 Å². The molecule has 17 heavy (non-hydrogen) atoms. The number of rotatable bonds is 0. The van der Waals surface area contributed by atoms with Gasteiger partial charge in [-0.15, -0.1) is 0 Å². The van der Waals surface area contributed by atoms with Crippen LogP contribution in [-0.2, 0) is 0 Å². The fraction of sp³-hybridized carbons (Fsp3) is 0.0909. The molecule has 1 aromatic carbocycles. The SMILES string of the molecule is Cc1nn2cnc3ccc(Br)cc3c2nc1=O. The number of fused-ring (bicyclic) bond motifs is 3. The highest BCUT2D eigenvalue weighted by Gasteiger charge is 2.06. The molecule has 0 radical (unpaired) electrons. The molecule has 0 saturated carbocycles. The Bertz CT molecular complexity index is 796. The van der Waals surface area contributed by atoms with Gasteiger partial charge in [-0.2, -0.15) is 10.1 Å². The second kappa shape index (κ2) is 3.59. The summed E-state index contributed by atoms with van der Waals surface area (Å²) >= 11 is 3.39. The van der Waals surface area contributed by atoms with E-state index in [1.807, 2.05) is 18.2 Å². The van der Waals surface area contributed by atoms with E-state index in [1.165, 1.54) is 4.52 Å². The minimum Gasteiger partial charge on any atom is -0.265 e. The van der Waals surface area contributed by atoms with E-state index in [4.69, 9.17) is 0 Å². The Kier molecular flexibility index (Phi) is 2.19. The lowest BCUT2D eigenvalue weighted by molar-refractivity contribution is 0.832. The Morgan fingerprint density at radius 3 is 3.00 bits per heavy atom. The molecule has 0 aliphatic heterocycles. The van der Waals surface area contributed by atoms with E-state index in [0.29, 0.717) is 11.3 Å². The van der Waals surface area contributed by atoms with Gasteiger partial charge in [0.1, 0.15) is 12.0 Å². The standard InChI is InChI=1S/C11H7BrN4O/c1-6-11(17)14-10-8-4-7(12)2-3-9(8)13-5-16(10)15-6/h2-5H,1H3. The summed E-state index contributed by atoms with van der Waals surface area (Å²) in [6.45, 7) is 1.63. The molecule has 0 amide bonds. The van der Waals surface area contributed by atoms with Crippen molar-refractivity contribution in [3.05, 3.63) is 45.0 Å². The van der Waals surface area contributed by atoms with Crippen LogP contribution >= 0.6 is 15.9 Å². The molecule has 0 saturated heterocycles. The van der Waals surface area contributed by atoms with Crippen LogP contribution in [0, 0.1) is 6.92 Å². The quantitative estimate of drug-likeness (QED) is 0.592.